The van der Waals surface area contributed by atoms with Crippen molar-refractivity contribution in [1.29, 1.82) is 0 Å². The van der Waals surface area contributed by atoms with Crippen molar-refractivity contribution in [1.82, 2.24) is 15.0 Å². The molecule has 0 fully saturated rings. The predicted octanol–water partition coefficient (Wildman–Crippen LogP) is 15.6. The Hall–Kier alpha value is -8.73. The maximum absolute atomic E-state index is 6.43. The summed E-state index contributed by atoms with van der Waals surface area (Å²) in [6.07, 6.45) is 0. The van der Waals surface area contributed by atoms with E-state index in [1.807, 2.05) is 60.7 Å². The molecule has 4 heteroatoms. The standard InChI is InChI=1S/C62H39N3O/c1-4-16-42(17-5-1)59-63-60(65-61(64-59)53-27-15-26-52-50-25-11-13-29-56(50)66-58(52)53)43-33-30-40(31-34-43)44-18-14-19-45(38-44)46-35-32-41-36-37-51-49-24-10-12-28-55(49)62(57(51)54(41)39-46,47-20-6-2-7-21-47)48-22-8-3-9-23-48/h1-39H. The molecule has 2 heterocycles. The minimum atomic E-state index is -0.488. The topological polar surface area (TPSA) is 51.8 Å². The Morgan fingerprint density at radius 1 is 0.318 bits per heavy atom. The van der Waals surface area contributed by atoms with Crippen LogP contribution in [0.3, 0.4) is 0 Å². The van der Waals surface area contributed by atoms with Gasteiger partial charge in [0.2, 0.25) is 0 Å². The molecule has 0 N–H and O–H groups in total. The summed E-state index contributed by atoms with van der Waals surface area (Å²) in [6, 6.07) is 84.4. The van der Waals surface area contributed by atoms with Crippen LogP contribution in [0.5, 0.6) is 0 Å². The lowest BCUT2D eigenvalue weighted by Crippen LogP contribution is -2.28. The first kappa shape index (κ1) is 37.8. The van der Waals surface area contributed by atoms with Crippen LogP contribution in [-0.2, 0) is 5.41 Å². The molecule has 0 amide bonds. The number of furan rings is 1. The van der Waals surface area contributed by atoms with Crippen molar-refractivity contribution in [3.8, 4) is 67.5 Å². The van der Waals surface area contributed by atoms with Gasteiger partial charge in [0, 0.05) is 21.9 Å². The fourth-order valence-electron chi connectivity index (χ4n) is 10.4. The zero-order chi connectivity index (χ0) is 43.6. The fourth-order valence-corrected chi connectivity index (χ4v) is 10.4. The number of aromatic nitrogens is 3. The molecule has 10 aromatic carbocycles. The highest BCUT2D eigenvalue weighted by Gasteiger charge is 2.47. The Labute approximate surface area is 382 Å². The van der Waals surface area contributed by atoms with E-state index in [1.165, 1.54) is 49.7 Å². The van der Waals surface area contributed by atoms with E-state index in [9.17, 15) is 0 Å². The van der Waals surface area contributed by atoms with Crippen LogP contribution >= 0.6 is 0 Å². The zero-order valence-corrected chi connectivity index (χ0v) is 35.8. The largest absolute Gasteiger partial charge is 0.455 e. The molecule has 308 valence electrons. The van der Waals surface area contributed by atoms with E-state index >= 15 is 0 Å². The highest BCUT2D eigenvalue weighted by molar-refractivity contribution is 6.09. The molecule has 0 saturated heterocycles. The van der Waals surface area contributed by atoms with E-state index < -0.39 is 5.41 Å². The second-order valence-electron chi connectivity index (χ2n) is 17.1. The third-order valence-corrected chi connectivity index (χ3v) is 13.4. The Balaban J connectivity index is 0.904. The van der Waals surface area contributed by atoms with Gasteiger partial charge in [0.05, 0.1) is 11.0 Å². The number of para-hydroxylation sites is 2. The molecule has 0 radical (unpaired) electrons. The van der Waals surface area contributed by atoms with Crippen molar-refractivity contribution in [3.63, 3.8) is 0 Å². The van der Waals surface area contributed by atoms with Gasteiger partial charge in [-0.3, -0.25) is 0 Å². The van der Waals surface area contributed by atoms with Crippen molar-refractivity contribution < 1.29 is 4.42 Å². The van der Waals surface area contributed by atoms with Gasteiger partial charge < -0.3 is 4.42 Å². The Bertz CT molecular complexity index is 3760. The smallest absolute Gasteiger partial charge is 0.167 e. The van der Waals surface area contributed by atoms with Crippen LogP contribution < -0.4 is 0 Å². The molecule has 2 aromatic heterocycles. The normalized spacial score (nSPS) is 12.7. The van der Waals surface area contributed by atoms with Crippen LogP contribution in [-0.4, -0.2) is 15.0 Å². The molecule has 1 aliphatic carbocycles. The average Bonchev–Trinajstić information content (AvgIpc) is 3.94. The van der Waals surface area contributed by atoms with Crippen molar-refractivity contribution in [2.75, 3.05) is 0 Å². The van der Waals surface area contributed by atoms with Crippen molar-refractivity contribution in [2.24, 2.45) is 0 Å². The molecule has 66 heavy (non-hydrogen) atoms. The summed E-state index contributed by atoms with van der Waals surface area (Å²) in [7, 11) is 0. The minimum absolute atomic E-state index is 0.488. The molecule has 1 aliphatic rings. The lowest BCUT2D eigenvalue weighted by Gasteiger charge is -2.34. The predicted molar refractivity (Wildman–Crippen MR) is 269 cm³/mol. The molecule has 4 nitrogen and oxygen atoms in total. The third-order valence-electron chi connectivity index (χ3n) is 13.4. The van der Waals surface area contributed by atoms with Crippen LogP contribution in [0.15, 0.2) is 241 Å². The first-order valence-corrected chi connectivity index (χ1v) is 22.4. The van der Waals surface area contributed by atoms with Gasteiger partial charge in [-0.05, 0) is 90.7 Å². The summed E-state index contributed by atoms with van der Waals surface area (Å²) in [6.45, 7) is 0. The highest BCUT2D eigenvalue weighted by Crippen LogP contribution is 2.58. The van der Waals surface area contributed by atoms with Crippen LogP contribution in [0.25, 0.3) is 100 Å². The molecule has 12 aromatic rings. The SMILES string of the molecule is c1ccc(-c2nc(-c3ccc(-c4cccc(-c5ccc6ccc7c(c6c5)C(c5ccccc5)(c5ccccc5)c5ccccc5-7)c4)cc3)nc(-c3cccc4c3oc3ccccc34)n2)cc1. The summed E-state index contributed by atoms with van der Waals surface area (Å²) < 4.78 is 6.43. The van der Waals surface area contributed by atoms with Crippen molar-refractivity contribution in [3.05, 3.63) is 259 Å². The van der Waals surface area contributed by atoms with Gasteiger partial charge in [-0.15, -0.1) is 0 Å². The van der Waals surface area contributed by atoms with E-state index in [1.54, 1.807) is 0 Å². The number of benzene rings is 10. The van der Waals surface area contributed by atoms with E-state index in [0.717, 1.165) is 55.3 Å². The fraction of sp³-hybridized carbons (Fsp3) is 0.0161. The molecular formula is C62H39N3O. The molecule has 0 aliphatic heterocycles. The molecule has 0 unspecified atom stereocenters. The Kier molecular flexibility index (Phi) is 8.72. The van der Waals surface area contributed by atoms with Gasteiger partial charge in [0.15, 0.2) is 17.5 Å². The number of hydrogen-bond donors (Lipinski definition) is 0. The monoisotopic (exact) mass is 841 g/mol. The van der Waals surface area contributed by atoms with Crippen LogP contribution in [0, 0.1) is 0 Å². The van der Waals surface area contributed by atoms with E-state index in [0.29, 0.717) is 17.5 Å². The van der Waals surface area contributed by atoms with Crippen LogP contribution in [0.2, 0.25) is 0 Å². The van der Waals surface area contributed by atoms with E-state index in [-0.39, 0.29) is 0 Å². The maximum atomic E-state index is 6.43. The highest BCUT2D eigenvalue weighted by atomic mass is 16.3. The first-order valence-electron chi connectivity index (χ1n) is 22.4. The van der Waals surface area contributed by atoms with Crippen molar-refractivity contribution in [2.45, 2.75) is 5.41 Å². The quantitative estimate of drug-likeness (QED) is 0.160. The Morgan fingerprint density at radius 2 is 0.833 bits per heavy atom. The summed E-state index contributed by atoms with van der Waals surface area (Å²) in [5.41, 5.74) is 16.1. The summed E-state index contributed by atoms with van der Waals surface area (Å²) in [4.78, 5) is 15.2. The second-order valence-corrected chi connectivity index (χ2v) is 17.1. The summed E-state index contributed by atoms with van der Waals surface area (Å²) in [5, 5.41) is 4.57. The Morgan fingerprint density at radius 3 is 1.59 bits per heavy atom. The lowest BCUT2D eigenvalue weighted by atomic mass is 9.66. The lowest BCUT2D eigenvalue weighted by molar-refractivity contribution is 0.669. The maximum Gasteiger partial charge on any atom is 0.167 e. The van der Waals surface area contributed by atoms with Crippen molar-refractivity contribution >= 4 is 32.7 Å². The van der Waals surface area contributed by atoms with Gasteiger partial charge in [-0.2, -0.15) is 0 Å². The van der Waals surface area contributed by atoms with Crippen LogP contribution in [0.1, 0.15) is 22.3 Å². The molecular weight excluding hydrogens is 803 g/mol. The first-order chi connectivity index (χ1) is 32.7. The third kappa shape index (κ3) is 5.96. The second kappa shape index (κ2) is 15.2. The molecule has 0 bridgehead atoms. The summed E-state index contributed by atoms with van der Waals surface area (Å²) >= 11 is 0. The molecule has 0 atom stereocenters. The average molecular weight is 842 g/mol. The zero-order valence-electron chi connectivity index (χ0n) is 35.8. The number of nitrogens with zero attached hydrogens (tertiary/aromatic N) is 3. The molecule has 0 saturated carbocycles. The van der Waals surface area contributed by atoms with Gasteiger partial charge in [0.25, 0.3) is 0 Å². The minimum Gasteiger partial charge on any atom is -0.455 e. The number of fused-ring (bicyclic) bond motifs is 8. The molecule has 0 spiro atoms. The van der Waals surface area contributed by atoms with Gasteiger partial charge in [-0.25, -0.2) is 15.0 Å². The van der Waals surface area contributed by atoms with E-state index in [4.69, 9.17) is 19.4 Å². The van der Waals surface area contributed by atoms with Gasteiger partial charge >= 0.3 is 0 Å². The summed E-state index contributed by atoms with van der Waals surface area (Å²) in [5.74, 6) is 1.77. The number of rotatable bonds is 7. The van der Waals surface area contributed by atoms with Gasteiger partial charge in [0.1, 0.15) is 11.2 Å². The number of hydrogen-bond acceptors (Lipinski definition) is 4. The van der Waals surface area contributed by atoms with Crippen LogP contribution in [0.4, 0.5) is 0 Å². The van der Waals surface area contributed by atoms with E-state index in [2.05, 4.69) is 176 Å². The molecule has 13 rings (SSSR count). The van der Waals surface area contributed by atoms with Gasteiger partial charge in [-0.1, -0.05) is 212 Å².